The number of hydrogen-bond acceptors (Lipinski definition) is 4. The van der Waals surface area contributed by atoms with E-state index in [1.165, 1.54) is 13.2 Å². The van der Waals surface area contributed by atoms with Gasteiger partial charge in [-0.3, -0.25) is 4.79 Å². The van der Waals surface area contributed by atoms with E-state index in [0.717, 1.165) is 12.1 Å². The van der Waals surface area contributed by atoms with E-state index >= 15 is 0 Å². The van der Waals surface area contributed by atoms with Gasteiger partial charge in [0.25, 0.3) is 5.91 Å². The molecule has 122 valence electrons. The average molecular weight is 321 g/mol. The van der Waals surface area contributed by atoms with Crippen molar-refractivity contribution in [3.05, 3.63) is 46.7 Å². The number of aryl methyl sites for hydroxylation is 2. The maximum absolute atomic E-state index is 13.7. The van der Waals surface area contributed by atoms with E-state index in [9.17, 15) is 14.0 Å². The van der Waals surface area contributed by atoms with Gasteiger partial charge in [-0.1, -0.05) is 6.92 Å². The molecule has 0 fully saturated rings. The molecule has 6 nitrogen and oxygen atoms in total. The second kappa shape index (κ2) is 6.51. The van der Waals surface area contributed by atoms with E-state index in [2.05, 4.69) is 5.32 Å². The Balaban J connectivity index is 2.29. The molecule has 0 saturated carbocycles. The topological polar surface area (TPSA) is 88.8 Å². The summed E-state index contributed by atoms with van der Waals surface area (Å²) in [5.74, 6) is -2.31. The summed E-state index contributed by atoms with van der Waals surface area (Å²) >= 11 is 0. The van der Waals surface area contributed by atoms with Gasteiger partial charge in [-0.15, -0.1) is 0 Å². The van der Waals surface area contributed by atoms with E-state index in [0.29, 0.717) is 12.0 Å². The SMILES string of the molecule is CCc1oc(C(=O)Nc2cc(F)c(OC)cc2C)cc1C(=O)O. The molecular weight excluding hydrogens is 305 g/mol. The molecule has 0 unspecified atom stereocenters. The monoisotopic (exact) mass is 321 g/mol. The number of benzene rings is 1. The standard InChI is InChI=1S/C16H16FNO5/c1-4-12-9(16(20)21)6-14(23-12)15(19)18-11-7-10(17)13(22-3)5-8(11)2/h5-7H,4H2,1-3H3,(H,18,19)(H,20,21). The van der Waals surface area contributed by atoms with E-state index in [1.807, 2.05) is 0 Å². The summed E-state index contributed by atoms with van der Waals surface area (Å²) in [5.41, 5.74) is 0.784. The van der Waals surface area contributed by atoms with Crippen LogP contribution >= 0.6 is 0 Å². The summed E-state index contributed by atoms with van der Waals surface area (Å²) in [7, 11) is 1.35. The Bertz CT molecular complexity index is 766. The summed E-state index contributed by atoms with van der Waals surface area (Å²) in [4.78, 5) is 23.3. The van der Waals surface area contributed by atoms with Crippen LogP contribution in [-0.2, 0) is 6.42 Å². The lowest BCUT2D eigenvalue weighted by Gasteiger charge is -2.10. The molecule has 2 N–H and O–H groups in total. The highest BCUT2D eigenvalue weighted by molar-refractivity contribution is 6.04. The van der Waals surface area contributed by atoms with Gasteiger partial charge >= 0.3 is 5.97 Å². The molecule has 0 spiro atoms. The Morgan fingerprint density at radius 2 is 2.04 bits per heavy atom. The van der Waals surface area contributed by atoms with Crippen LogP contribution in [0.1, 0.15) is 39.2 Å². The molecule has 2 rings (SSSR count). The molecule has 0 saturated heterocycles. The van der Waals surface area contributed by atoms with Gasteiger partial charge in [-0.25, -0.2) is 9.18 Å². The van der Waals surface area contributed by atoms with Gasteiger partial charge in [0, 0.05) is 24.2 Å². The molecule has 2 aromatic rings. The van der Waals surface area contributed by atoms with E-state index in [1.54, 1.807) is 13.8 Å². The molecule has 23 heavy (non-hydrogen) atoms. The fourth-order valence-corrected chi connectivity index (χ4v) is 2.11. The number of aromatic carboxylic acids is 1. The van der Waals surface area contributed by atoms with Crippen molar-refractivity contribution < 1.29 is 28.2 Å². The highest BCUT2D eigenvalue weighted by atomic mass is 19.1. The second-order valence-corrected chi connectivity index (χ2v) is 4.86. The smallest absolute Gasteiger partial charge is 0.339 e. The lowest BCUT2D eigenvalue weighted by Crippen LogP contribution is -2.12. The van der Waals surface area contributed by atoms with Gasteiger partial charge in [0.2, 0.25) is 0 Å². The van der Waals surface area contributed by atoms with Crippen molar-refractivity contribution in [1.29, 1.82) is 0 Å². The van der Waals surface area contributed by atoms with Gasteiger partial charge in [-0.05, 0) is 18.6 Å². The minimum atomic E-state index is -1.17. The number of methoxy groups -OCH3 is 1. The molecule has 1 heterocycles. The number of amides is 1. The zero-order valence-electron chi connectivity index (χ0n) is 12.9. The van der Waals surface area contributed by atoms with Gasteiger partial charge in [0.15, 0.2) is 17.3 Å². The summed E-state index contributed by atoms with van der Waals surface area (Å²) < 4.78 is 23.9. The lowest BCUT2D eigenvalue weighted by molar-refractivity contribution is 0.0694. The van der Waals surface area contributed by atoms with Gasteiger partial charge in [0.1, 0.15) is 11.3 Å². The zero-order chi connectivity index (χ0) is 17.1. The van der Waals surface area contributed by atoms with Crippen molar-refractivity contribution in [2.24, 2.45) is 0 Å². The minimum Gasteiger partial charge on any atom is -0.494 e. The van der Waals surface area contributed by atoms with Gasteiger partial charge < -0.3 is 19.6 Å². The van der Waals surface area contributed by atoms with Gasteiger partial charge in [-0.2, -0.15) is 0 Å². The molecule has 0 aliphatic carbocycles. The number of rotatable bonds is 5. The van der Waals surface area contributed by atoms with Crippen LogP contribution in [0, 0.1) is 12.7 Å². The summed E-state index contributed by atoms with van der Waals surface area (Å²) in [6, 6.07) is 3.74. The molecule has 0 aliphatic rings. The van der Waals surface area contributed by atoms with E-state index in [-0.39, 0.29) is 28.5 Å². The third-order valence-electron chi connectivity index (χ3n) is 3.33. The summed E-state index contributed by atoms with van der Waals surface area (Å²) in [6.07, 6.45) is 0.338. The number of hydrogen-bond donors (Lipinski definition) is 2. The molecule has 0 radical (unpaired) electrons. The highest BCUT2D eigenvalue weighted by Crippen LogP contribution is 2.26. The zero-order valence-corrected chi connectivity index (χ0v) is 12.9. The summed E-state index contributed by atoms with van der Waals surface area (Å²) in [5, 5.41) is 11.6. The molecule has 0 atom stereocenters. The number of carboxylic acids is 1. The van der Waals surface area contributed by atoms with Crippen molar-refractivity contribution in [1.82, 2.24) is 0 Å². The molecule has 0 aliphatic heterocycles. The van der Waals surface area contributed by atoms with Crippen LogP contribution in [0.5, 0.6) is 5.75 Å². The van der Waals surface area contributed by atoms with Crippen molar-refractivity contribution in [3.63, 3.8) is 0 Å². The fraction of sp³-hybridized carbons (Fsp3) is 0.250. The van der Waals surface area contributed by atoms with Gasteiger partial charge in [0.05, 0.1) is 7.11 Å². The third kappa shape index (κ3) is 3.33. The van der Waals surface area contributed by atoms with Crippen LogP contribution in [0.3, 0.4) is 0 Å². The predicted molar refractivity (Wildman–Crippen MR) is 80.7 cm³/mol. The minimum absolute atomic E-state index is 0.0599. The number of nitrogens with one attached hydrogen (secondary N) is 1. The number of anilines is 1. The van der Waals surface area contributed by atoms with Crippen LogP contribution in [0.15, 0.2) is 22.6 Å². The molecule has 1 amide bonds. The molecule has 7 heteroatoms. The maximum Gasteiger partial charge on any atom is 0.339 e. The van der Waals surface area contributed by atoms with Crippen molar-refractivity contribution in [3.8, 4) is 5.75 Å². The molecule has 1 aromatic carbocycles. The predicted octanol–water partition coefficient (Wildman–Crippen LogP) is 3.25. The molecule has 0 bridgehead atoms. The molecular formula is C16H16FNO5. The van der Waals surface area contributed by atoms with Crippen LogP contribution < -0.4 is 10.1 Å². The fourth-order valence-electron chi connectivity index (χ4n) is 2.11. The van der Waals surface area contributed by atoms with E-state index < -0.39 is 17.7 Å². The Hall–Kier alpha value is -2.83. The quantitative estimate of drug-likeness (QED) is 0.882. The largest absolute Gasteiger partial charge is 0.494 e. The Morgan fingerprint density at radius 1 is 1.35 bits per heavy atom. The Kier molecular flexibility index (Phi) is 4.68. The first-order valence-electron chi connectivity index (χ1n) is 6.88. The number of carbonyl (C=O) groups is 2. The van der Waals surface area contributed by atoms with Crippen LogP contribution in [0.25, 0.3) is 0 Å². The average Bonchev–Trinajstić information content (AvgIpc) is 2.95. The number of halogens is 1. The van der Waals surface area contributed by atoms with Crippen molar-refractivity contribution in [2.45, 2.75) is 20.3 Å². The normalized spacial score (nSPS) is 10.4. The first-order valence-corrected chi connectivity index (χ1v) is 6.88. The number of carbonyl (C=O) groups excluding carboxylic acids is 1. The van der Waals surface area contributed by atoms with E-state index in [4.69, 9.17) is 14.3 Å². The van der Waals surface area contributed by atoms with Crippen LogP contribution in [-0.4, -0.2) is 24.1 Å². The lowest BCUT2D eigenvalue weighted by atomic mass is 10.1. The van der Waals surface area contributed by atoms with Crippen molar-refractivity contribution >= 4 is 17.6 Å². The number of carboxylic acid groups (broad SMARTS) is 1. The van der Waals surface area contributed by atoms with Crippen LogP contribution in [0.4, 0.5) is 10.1 Å². The Labute approximate surface area is 131 Å². The first kappa shape index (κ1) is 16.5. The first-order chi connectivity index (χ1) is 10.9. The third-order valence-corrected chi connectivity index (χ3v) is 3.33. The van der Waals surface area contributed by atoms with Crippen LogP contribution in [0.2, 0.25) is 0 Å². The number of furan rings is 1. The second-order valence-electron chi connectivity index (χ2n) is 4.86. The maximum atomic E-state index is 13.7. The molecule has 1 aromatic heterocycles. The highest BCUT2D eigenvalue weighted by Gasteiger charge is 2.21. The Morgan fingerprint density at radius 3 is 2.57 bits per heavy atom. The number of ether oxygens (including phenoxy) is 1. The van der Waals surface area contributed by atoms with Crippen molar-refractivity contribution in [2.75, 3.05) is 12.4 Å². The summed E-state index contributed by atoms with van der Waals surface area (Å²) in [6.45, 7) is 3.40.